The van der Waals surface area contributed by atoms with E-state index in [1.54, 1.807) is 14.2 Å². The molecule has 2 aromatic carbocycles. The molecule has 0 bridgehead atoms. The molecule has 1 heterocycles. The largest absolute Gasteiger partial charge is 0.497 e. The highest BCUT2D eigenvalue weighted by molar-refractivity contribution is 5.48. The minimum atomic E-state index is 0.157. The minimum absolute atomic E-state index is 0.157. The van der Waals surface area contributed by atoms with E-state index in [1.165, 1.54) is 11.1 Å². The molecule has 1 aliphatic heterocycles. The molecule has 0 saturated carbocycles. The van der Waals surface area contributed by atoms with Crippen molar-refractivity contribution in [3.63, 3.8) is 0 Å². The van der Waals surface area contributed by atoms with Gasteiger partial charge in [-0.25, -0.2) is 0 Å². The van der Waals surface area contributed by atoms with Crippen LogP contribution < -0.4 is 14.8 Å². The van der Waals surface area contributed by atoms with Gasteiger partial charge in [-0.1, -0.05) is 24.3 Å². The third-order valence-corrected chi connectivity index (χ3v) is 3.86. The topological polar surface area (TPSA) is 30.5 Å². The summed E-state index contributed by atoms with van der Waals surface area (Å²) in [4.78, 5) is 0. The summed E-state index contributed by atoms with van der Waals surface area (Å²) >= 11 is 0. The van der Waals surface area contributed by atoms with Crippen molar-refractivity contribution in [1.82, 2.24) is 5.32 Å². The Balaban J connectivity index is 2.09. The minimum Gasteiger partial charge on any atom is -0.497 e. The van der Waals surface area contributed by atoms with Crippen molar-refractivity contribution in [1.29, 1.82) is 0 Å². The first kappa shape index (κ1) is 13.0. The fourth-order valence-corrected chi connectivity index (χ4v) is 2.85. The van der Waals surface area contributed by atoms with Gasteiger partial charge in [0, 0.05) is 12.1 Å². The van der Waals surface area contributed by atoms with Crippen molar-refractivity contribution in [2.24, 2.45) is 0 Å². The van der Waals surface area contributed by atoms with Crippen LogP contribution >= 0.6 is 0 Å². The summed E-state index contributed by atoms with van der Waals surface area (Å²) in [5.74, 6) is 1.74. The average molecular weight is 269 g/mol. The highest BCUT2D eigenvalue weighted by atomic mass is 16.5. The summed E-state index contributed by atoms with van der Waals surface area (Å²) in [6.07, 6.45) is 1.07. The van der Waals surface area contributed by atoms with E-state index in [1.807, 2.05) is 12.1 Å². The van der Waals surface area contributed by atoms with Crippen molar-refractivity contribution < 1.29 is 9.47 Å². The van der Waals surface area contributed by atoms with E-state index < -0.39 is 0 Å². The third-order valence-electron chi connectivity index (χ3n) is 3.86. The molecular formula is C17H19NO2. The first-order valence-corrected chi connectivity index (χ1v) is 6.86. The van der Waals surface area contributed by atoms with Crippen molar-refractivity contribution in [3.8, 4) is 11.5 Å². The van der Waals surface area contributed by atoms with Crippen LogP contribution in [0.1, 0.15) is 22.7 Å². The SMILES string of the molecule is COc1ccc(OC)c(C2NCCc3ccccc32)c1. The Morgan fingerprint density at radius 3 is 2.65 bits per heavy atom. The maximum atomic E-state index is 5.52. The van der Waals surface area contributed by atoms with Gasteiger partial charge in [-0.2, -0.15) is 0 Å². The molecular weight excluding hydrogens is 250 g/mol. The summed E-state index contributed by atoms with van der Waals surface area (Å²) in [6.45, 7) is 0.974. The number of benzene rings is 2. The zero-order valence-electron chi connectivity index (χ0n) is 11.8. The molecule has 0 saturated heterocycles. The second-order valence-corrected chi connectivity index (χ2v) is 4.94. The summed E-state index contributed by atoms with van der Waals surface area (Å²) in [7, 11) is 3.40. The molecule has 0 spiro atoms. The maximum absolute atomic E-state index is 5.52. The summed E-state index contributed by atoms with van der Waals surface area (Å²) in [5.41, 5.74) is 3.85. The highest BCUT2D eigenvalue weighted by Crippen LogP contribution is 2.35. The van der Waals surface area contributed by atoms with Gasteiger partial charge in [-0.05, 0) is 35.7 Å². The molecule has 1 N–H and O–H groups in total. The van der Waals surface area contributed by atoms with Gasteiger partial charge in [0.1, 0.15) is 11.5 Å². The van der Waals surface area contributed by atoms with Gasteiger partial charge in [0.25, 0.3) is 0 Å². The standard InChI is InChI=1S/C17H19NO2/c1-19-13-7-8-16(20-2)15(11-13)17-14-6-4-3-5-12(14)9-10-18-17/h3-8,11,17-18H,9-10H2,1-2H3. The van der Waals surface area contributed by atoms with Crippen molar-refractivity contribution in [3.05, 3.63) is 59.2 Å². The van der Waals surface area contributed by atoms with Crippen molar-refractivity contribution >= 4 is 0 Å². The summed E-state index contributed by atoms with van der Waals surface area (Å²) < 4.78 is 10.9. The lowest BCUT2D eigenvalue weighted by Crippen LogP contribution is -2.30. The van der Waals surface area contributed by atoms with Crippen LogP contribution in [0.25, 0.3) is 0 Å². The van der Waals surface area contributed by atoms with Crippen LogP contribution in [-0.4, -0.2) is 20.8 Å². The zero-order chi connectivity index (χ0) is 13.9. The van der Waals surface area contributed by atoms with E-state index in [-0.39, 0.29) is 6.04 Å². The van der Waals surface area contributed by atoms with Gasteiger partial charge in [-0.15, -0.1) is 0 Å². The average Bonchev–Trinajstić information content (AvgIpc) is 2.53. The van der Waals surface area contributed by atoms with E-state index in [4.69, 9.17) is 9.47 Å². The van der Waals surface area contributed by atoms with Crippen LogP contribution in [0, 0.1) is 0 Å². The Labute approximate surface area is 119 Å². The van der Waals surface area contributed by atoms with E-state index >= 15 is 0 Å². The molecule has 3 nitrogen and oxygen atoms in total. The predicted octanol–water partition coefficient (Wildman–Crippen LogP) is 2.94. The van der Waals surface area contributed by atoms with Gasteiger partial charge in [0.05, 0.1) is 20.3 Å². The molecule has 20 heavy (non-hydrogen) atoms. The van der Waals surface area contributed by atoms with Gasteiger partial charge in [0.15, 0.2) is 0 Å². The predicted molar refractivity (Wildman–Crippen MR) is 79.5 cm³/mol. The van der Waals surface area contributed by atoms with Gasteiger partial charge < -0.3 is 14.8 Å². The lowest BCUT2D eigenvalue weighted by atomic mass is 9.89. The lowest BCUT2D eigenvalue weighted by Gasteiger charge is -2.28. The quantitative estimate of drug-likeness (QED) is 0.929. The van der Waals surface area contributed by atoms with Gasteiger partial charge in [0.2, 0.25) is 0 Å². The number of rotatable bonds is 3. The Morgan fingerprint density at radius 1 is 1.00 bits per heavy atom. The second kappa shape index (κ2) is 5.55. The third kappa shape index (κ3) is 2.25. The number of ether oxygens (including phenoxy) is 2. The first-order chi connectivity index (χ1) is 9.83. The van der Waals surface area contributed by atoms with Crippen LogP contribution in [-0.2, 0) is 6.42 Å². The second-order valence-electron chi connectivity index (χ2n) is 4.94. The molecule has 0 aliphatic carbocycles. The van der Waals surface area contributed by atoms with Crippen LogP contribution in [0.4, 0.5) is 0 Å². The smallest absolute Gasteiger partial charge is 0.124 e. The molecule has 2 aromatic rings. The molecule has 1 unspecified atom stereocenters. The Morgan fingerprint density at radius 2 is 1.85 bits per heavy atom. The van der Waals surface area contributed by atoms with Crippen molar-refractivity contribution in [2.45, 2.75) is 12.5 Å². The molecule has 0 amide bonds. The number of hydrogen-bond acceptors (Lipinski definition) is 3. The Hall–Kier alpha value is -2.00. The van der Waals surface area contributed by atoms with E-state index in [2.05, 4.69) is 35.6 Å². The molecule has 0 aromatic heterocycles. The number of fused-ring (bicyclic) bond motifs is 1. The Bertz CT molecular complexity index is 610. The van der Waals surface area contributed by atoms with Crippen LogP contribution in [0.3, 0.4) is 0 Å². The first-order valence-electron chi connectivity index (χ1n) is 6.86. The maximum Gasteiger partial charge on any atom is 0.124 e. The monoisotopic (exact) mass is 269 g/mol. The van der Waals surface area contributed by atoms with Crippen molar-refractivity contribution in [2.75, 3.05) is 20.8 Å². The number of methoxy groups -OCH3 is 2. The molecule has 0 fully saturated rings. The van der Waals surface area contributed by atoms with Crippen LogP contribution in [0.15, 0.2) is 42.5 Å². The Kier molecular flexibility index (Phi) is 3.61. The molecule has 1 atom stereocenters. The van der Waals surface area contributed by atoms with Gasteiger partial charge >= 0.3 is 0 Å². The fraction of sp³-hybridized carbons (Fsp3) is 0.294. The number of hydrogen-bond donors (Lipinski definition) is 1. The van der Waals surface area contributed by atoms with E-state index in [9.17, 15) is 0 Å². The van der Waals surface area contributed by atoms with E-state index in [0.29, 0.717) is 0 Å². The fourth-order valence-electron chi connectivity index (χ4n) is 2.85. The molecule has 3 heteroatoms. The molecule has 1 aliphatic rings. The molecule has 0 radical (unpaired) electrons. The highest BCUT2D eigenvalue weighted by Gasteiger charge is 2.24. The lowest BCUT2D eigenvalue weighted by molar-refractivity contribution is 0.392. The summed E-state index contributed by atoms with van der Waals surface area (Å²) in [6, 6.07) is 14.7. The van der Waals surface area contributed by atoms with E-state index in [0.717, 1.165) is 30.0 Å². The molecule has 104 valence electrons. The zero-order valence-corrected chi connectivity index (χ0v) is 11.8. The summed E-state index contributed by atoms with van der Waals surface area (Å²) in [5, 5.41) is 3.58. The normalized spacial score (nSPS) is 17.4. The number of nitrogens with one attached hydrogen (secondary N) is 1. The molecule has 3 rings (SSSR count). The van der Waals surface area contributed by atoms with Gasteiger partial charge in [-0.3, -0.25) is 0 Å². The van der Waals surface area contributed by atoms with Crippen LogP contribution in [0.5, 0.6) is 11.5 Å². The van der Waals surface area contributed by atoms with Crippen LogP contribution in [0.2, 0.25) is 0 Å².